The SMILES string of the molecule is CCCCCCCCCC=CCC=CCc1cc(O)c(C)c(O)c1. The molecule has 0 aliphatic rings. The number of unbranched alkanes of at least 4 members (excludes halogenated alkanes) is 7. The Labute approximate surface area is 147 Å². The lowest BCUT2D eigenvalue weighted by Gasteiger charge is -2.04. The van der Waals surface area contributed by atoms with Crippen molar-refractivity contribution >= 4 is 0 Å². The molecule has 0 amide bonds. The van der Waals surface area contributed by atoms with Gasteiger partial charge in [0.25, 0.3) is 0 Å². The van der Waals surface area contributed by atoms with Crippen LogP contribution in [-0.2, 0) is 6.42 Å². The first-order valence-electron chi connectivity index (χ1n) is 9.46. The van der Waals surface area contributed by atoms with Crippen molar-refractivity contribution in [2.24, 2.45) is 0 Å². The van der Waals surface area contributed by atoms with Gasteiger partial charge in [-0.25, -0.2) is 0 Å². The molecule has 2 N–H and O–H groups in total. The Morgan fingerprint density at radius 2 is 1.38 bits per heavy atom. The van der Waals surface area contributed by atoms with Gasteiger partial charge in [0.15, 0.2) is 0 Å². The smallest absolute Gasteiger partial charge is 0.122 e. The standard InChI is InChI=1S/C22H34O2/c1-3-4-5-6-7-8-9-10-11-12-13-14-15-16-20-17-21(23)19(2)22(24)18-20/h11-12,14-15,17-18,23-24H,3-10,13,16H2,1-2H3. The van der Waals surface area contributed by atoms with E-state index in [0.29, 0.717) is 5.56 Å². The molecule has 0 fully saturated rings. The maximum atomic E-state index is 9.69. The largest absolute Gasteiger partial charge is 0.508 e. The van der Waals surface area contributed by atoms with E-state index in [2.05, 4.69) is 31.2 Å². The molecular weight excluding hydrogens is 296 g/mol. The van der Waals surface area contributed by atoms with Gasteiger partial charge >= 0.3 is 0 Å². The van der Waals surface area contributed by atoms with E-state index in [1.807, 2.05) is 0 Å². The molecule has 0 bridgehead atoms. The van der Waals surface area contributed by atoms with Gasteiger partial charge in [0.2, 0.25) is 0 Å². The van der Waals surface area contributed by atoms with Crippen LogP contribution < -0.4 is 0 Å². The maximum Gasteiger partial charge on any atom is 0.122 e. The molecule has 0 saturated carbocycles. The number of phenolic OH excluding ortho intramolecular Hbond substituents is 2. The molecule has 0 aliphatic heterocycles. The molecular formula is C22H34O2. The summed E-state index contributed by atoms with van der Waals surface area (Å²) in [5, 5.41) is 19.4. The second kappa shape index (κ2) is 12.7. The molecule has 0 saturated heterocycles. The van der Waals surface area contributed by atoms with E-state index in [0.717, 1.165) is 18.4 Å². The number of phenols is 2. The summed E-state index contributed by atoms with van der Waals surface area (Å²) in [4.78, 5) is 0. The molecule has 0 radical (unpaired) electrons. The Kier molecular flexibility index (Phi) is 10.8. The minimum absolute atomic E-state index is 0.160. The zero-order valence-electron chi connectivity index (χ0n) is 15.4. The molecule has 2 nitrogen and oxygen atoms in total. The summed E-state index contributed by atoms with van der Waals surface area (Å²) in [5.74, 6) is 0.320. The second-order valence-electron chi connectivity index (χ2n) is 6.55. The summed E-state index contributed by atoms with van der Waals surface area (Å²) in [6.07, 6.45) is 21.1. The van der Waals surface area contributed by atoms with Crippen molar-refractivity contribution in [3.05, 3.63) is 47.6 Å². The highest BCUT2D eigenvalue weighted by Gasteiger charge is 2.03. The molecule has 0 aliphatic carbocycles. The van der Waals surface area contributed by atoms with Crippen LogP contribution in [0, 0.1) is 6.92 Å². The fourth-order valence-electron chi connectivity index (χ4n) is 2.69. The van der Waals surface area contributed by atoms with Gasteiger partial charge in [-0.2, -0.15) is 0 Å². The first-order valence-corrected chi connectivity index (χ1v) is 9.46. The van der Waals surface area contributed by atoms with Crippen molar-refractivity contribution in [2.45, 2.75) is 78.1 Å². The van der Waals surface area contributed by atoms with Gasteiger partial charge in [-0.05, 0) is 50.3 Å². The summed E-state index contributed by atoms with van der Waals surface area (Å²) in [5.41, 5.74) is 1.47. The molecule has 1 aromatic carbocycles. The van der Waals surface area contributed by atoms with E-state index < -0.39 is 0 Å². The highest BCUT2D eigenvalue weighted by atomic mass is 16.3. The number of allylic oxidation sites excluding steroid dienone is 4. The van der Waals surface area contributed by atoms with Crippen LogP contribution >= 0.6 is 0 Å². The van der Waals surface area contributed by atoms with E-state index in [-0.39, 0.29) is 11.5 Å². The van der Waals surface area contributed by atoms with Crippen molar-refractivity contribution in [3.63, 3.8) is 0 Å². The molecule has 134 valence electrons. The Morgan fingerprint density at radius 1 is 0.792 bits per heavy atom. The fraction of sp³-hybridized carbons (Fsp3) is 0.545. The quantitative estimate of drug-likeness (QED) is 0.335. The van der Waals surface area contributed by atoms with Crippen molar-refractivity contribution in [3.8, 4) is 11.5 Å². The van der Waals surface area contributed by atoms with Crippen molar-refractivity contribution in [1.29, 1.82) is 0 Å². The molecule has 0 aromatic heterocycles. The van der Waals surface area contributed by atoms with Crippen LogP contribution in [-0.4, -0.2) is 10.2 Å². The molecule has 0 unspecified atom stereocenters. The predicted octanol–water partition coefficient (Wildman–Crippen LogP) is 6.59. The molecule has 1 aromatic rings. The van der Waals surface area contributed by atoms with Gasteiger partial charge in [0.1, 0.15) is 11.5 Å². The molecule has 24 heavy (non-hydrogen) atoms. The number of hydrogen-bond acceptors (Lipinski definition) is 2. The normalized spacial score (nSPS) is 11.8. The third-order valence-electron chi connectivity index (χ3n) is 4.35. The fourth-order valence-corrected chi connectivity index (χ4v) is 2.69. The van der Waals surface area contributed by atoms with Gasteiger partial charge in [-0.3, -0.25) is 0 Å². The maximum absolute atomic E-state index is 9.69. The minimum atomic E-state index is 0.160. The molecule has 0 spiro atoms. The Balaban J connectivity index is 2.09. The lowest BCUT2D eigenvalue weighted by atomic mass is 10.1. The first-order chi connectivity index (χ1) is 11.6. The number of aromatic hydroxyl groups is 2. The highest BCUT2D eigenvalue weighted by molar-refractivity contribution is 5.45. The Bertz CT molecular complexity index is 492. The average molecular weight is 331 g/mol. The lowest BCUT2D eigenvalue weighted by Crippen LogP contribution is -1.84. The van der Waals surface area contributed by atoms with Gasteiger partial charge in [-0.15, -0.1) is 0 Å². The molecule has 1 rings (SSSR count). The number of hydrogen-bond donors (Lipinski definition) is 2. The average Bonchev–Trinajstić information content (AvgIpc) is 2.56. The summed E-state index contributed by atoms with van der Waals surface area (Å²) >= 11 is 0. The summed E-state index contributed by atoms with van der Waals surface area (Å²) in [7, 11) is 0. The molecule has 0 atom stereocenters. The van der Waals surface area contributed by atoms with Crippen LogP contribution in [0.4, 0.5) is 0 Å². The third kappa shape index (κ3) is 8.81. The minimum Gasteiger partial charge on any atom is -0.508 e. The highest BCUT2D eigenvalue weighted by Crippen LogP contribution is 2.27. The van der Waals surface area contributed by atoms with Gasteiger partial charge in [-0.1, -0.05) is 69.8 Å². The zero-order chi connectivity index (χ0) is 17.6. The van der Waals surface area contributed by atoms with Crippen LogP contribution in [0.15, 0.2) is 36.4 Å². The second-order valence-corrected chi connectivity index (χ2v) is 6.55. The third-order valence-corrected chi connectivity index (χ3v) is 4.35. The van der Waals surface area contributed by atoms with Crippen LogP contribution in [0.1, 0.15) is 75.8 Å². The van der Waals surface area contributed by atoms with E-state index in [4.69, 9.17) is 0 Å². The van der Waals surface area contributed by atoms with E-state index in [9.17, 15) is 10.2 Å². The van der Waals surface area contributed by atoms with Gasteiger partial charge in [0, 0.05) is 5.56 Å². The van der Waals surface area contributed by atoms with Crippen molar-refractivity contribution < 1.29 is 10.2 Å². The van der Waals surface area contributed by atoms with Crippen LogP contribution in [0.3, 0.4) is 0 Å². The Morgan fingerprint density at radius 3 is 2.04 bits per heavy atom. The topological polar surface area (TPSA) is 40.5 Å². The summed E-state index contributed by atoms with van der Waals surface area (Å²) in [6.45, 7) is 3.97. The number of benzene rings is 1. The molecule has 0 heterocycles. The van der Waals surface area contributed by atoms with Crippen molar-refractivity contribution in [1.82, 2.24) is 0 Å². The zero-order valence-corrected chi connectivity index (χ0v) is 15.4. The van der Waals surface area contributed by atoms with Crippen LogP contribution in [0.2, 0.25) is 0 Å². The molecule has 2 heteroatoms. The van der Waals surface area contributed by atoms with Crippen molar-refractivity contribution in [2.75, 3.05) is 0 Å². The summed E-state index contributed by atoms with van der Waals surface area (Å²) in [6, 6.07) is 3.44. The van der Waals surface area contributed by atoms with Gasteiger partial charge < -0.3 is 10.2 Å². The van der Waals surface area contributed by atoms with E-state index >= 15 is 0 Å². The monoisotopic (exact) mass is 330 g/mol. The Hall–Kier alpha value is -1.70. The van der Waals surface area contributed by atoms with E-state index in [1.54, 1.807) is 19.1 Å². The van der Waals surface area contributed by atoms with Crippen LogP contribution in [0.25, 0.3) is 0 Å². The van der Waals surface area contributed by atoms with Crippen LogP contribution in [0.5, 0.6) is 11.5 Å². The predicted molar refractivity (Wildman–Crippen MR) is 104 cm³/mol. The first kappa shape index (κ1) is 20.3. The van der Waals surface area contributed by atoms with E-state index in [1.165, 1.54) is 51.4 Å². The number of rotatable bonds is 12. The summed E-state index contributed by atoms with van der Waals surface area (Å²) < 4.78 is 0. The van der Waals surface area contributed by atoms with Gasteiger partial charge in [0.05, 0.1) is 0 Å². The lowest BCUT2D eigenvalue weighted by molar-refractivity contribution is 0.442.